The molecule has 0 unspecified atom stereocenters. The number of H-pyrrole nitrogens is 1. The number of fused-ring (bicyclic) bond motifs is 2. The van der Waals surface area contributed by atoms with Crippen molar-refractivity contribution >= 4 is 27.8 Å². The van der Waals surface area contributed by atoms with Gasteiger partial charge in [-0.15, -0.1) is 0 Å². The molecule has 0 spiro atoms. The quantitative estimate of drug-likeness (QED) is 0.607. The first-order valence-electron chi connectivity index (χ1n) is 7.40. The number of carbonyl (C=O) groups excluding carboxylic acids is 1. The Morgan fingerprint density at radius 2 is 2.09 bits per heavy atom. The van der Waals surface area contributed by atoms with Crippen LogP contribution in [-0.4, -0.2) is 25.7 Å². The lowest BCUT2D eigenvalue weighted by atomic mass is 10.2. The van der Waals surface area contributed by atoms with Gasteiger partial charge in [-0.2, -0.15) is 5.10 Å². The summed E-state index contributed by atoms with van der Waals surface area (Å²) >= 11 is 0. The Hall–Kier alpha value is -3.15. The molecule has 3 heterocycles. The molecule has 2 N–H and O–H groups in total. The maximum Gasteiger partial charge on any atom is 0.240 e. The summed E-state index contributed by atoms with van der Waals surface area (Å²) in [5.74, 6) is -0.0435. The molecule has 6 nitrogen and oxygen atoms in total. The minimum Gasteiger partial charge on any atom is -0.349 e. The molecule has 0 aliphatic heterocycles. The van der Waals surface area contributed by atoms with Gasteiger partial charge in [0.05, 0.1) is 12.2 Å². The number of hydrogen-bond acceptors (Lipinski definition) is 3. The summed E-state index contributed by atoms with van der Waals surface area (Å²) in [5.41, 5.74) is 2.57. The van der Waals surface area contributed by atoms with Crippen LogP contribution in [0.4, 0.5) is 0 Å². The van der Waals surface area contributed by atoms with Gasteiger partial charge in [-0.05, 0) is 29.7 Å². The normalized spacial score (nSPS) is 11.1. The Bertz CT molecular complexity index is 985. The summed E-state index contributed by atoms with van der Waals surface area (Å²) in [6.07, 6.45) is 3.63. The fraction of sp³-hybridized carbons (Fsp3) is 0.118. The third-order valence-electron chi connectivity index (χ3n) is 3.87. The van der Waals surface area contributed by atoms with Gasteiger partial charge < -0.3 is 9.88 Å². The van der Waals surface area contributed by atoms with E-state index in [-0.39, 0.29) is 12.5 Å². The molecule has 0 aliphatic rings. The standard InChI is InChI=1S/C17H15N5O/c23-16(11-22-9-7-12-4-1-2-6-15(12)22)19-10-14-13-5-3-8-18-17(13)21-20-14/h1-9H,10-11H2,(H,19,23)(H,18,20,21). The van der Waals surface area contributed by atoms with Gasteiger partial charge in [-0.1, -0.05) is 18.2 Å². The first kappa shape index (κ1) is 13.5. The molecule has 0 atom stereocenters. The predicted molar refractivity (Wildman–Crippen MR) is 87.7 cm³/mol. The van der Waals surface area contributed by atoms with Gasteiger partial charge in [-0.3, -0.25) is 9.89 Å². The lowest BCUT2D eigenvalue weighted by molar-refractivity contribution is -0.121. The number of carbonyl (C=O) groups is 1. The molecule has 0 saturated heterocycles. The lowest BCUT2D eigenvalue weighted by Gasteiger charge is -2.06. The second kappa shape index (κ2) is 5.57. The summed E-state index contributed by atoms with van der Waals surface area (Å²) in [4.78, 5) is 16.4. The van der Waals surface area contributed by atoms with Crippen molar-refractivity contribution in [2.24, 2.45) is 0 Å². The highest BCUT2D eigenvalue weighted by Gasteiger charge is 2.09. The molecule has 6 heteroatoms. The van der Waals surface area contributed by atoms with E-state index >= 15 is 0 Å². The molecule has 114 valence electrons. The van der Waals surface area contributed by atoms with Crippen LogP contribution in [0.2, 0.25) is 0 Å². The van der Waals surface area contributed by atoms with Crippen molar-refractivity contribution in [1.29, 1.82) is 0 Å². The Balaban J connectivity index is 1.46. The fourth-order valence-corrected chi connectivity index (χ4v) is 2.71. The monoisotopic (exact) mass is 305 g/mol. The molecule has 0 bridgehead atoms. The Morgan fingerprint density at radius 3 is 3.04 bits per heavy atom. The summed E-state index contributed by atoms with van der Waals surface area (Å²) < 4.78 is 1.94. The van der Waals surface area contributed by atoms with Crippen LogP contribution in [0.3, 0.4) is 0 Å². The second-order valence-electron chi connectivity index (χ2n) is 5.36. The molecule has 0 fully saturated rings. The average molecular weight is 305 g/mol. The van der Waals surface area contributed by atoms with Crippen molar-refractivity contribution in [1.82, 2.24) is 25.1 Å². The van der Waals surface area contributed by atoms with E-state index in [9.17, 15) is 4.79 Å². The van der Waals surface area contributed by atoms with Crippen molar-refractivity contribution in [2.45, 2.75) is 13.1 Å². The van der Waals surface area contributed by atoms with Crippen LogP contribution >= 0.6 is 0 Å². The maximum atomic E-state index is 12.2. The number of nitrogens with one attached hydrogen (secondary N) is 2. The van der Waals surface area contributed by atoms with E-state index in [1.165, 1.54) is 0 Å². The van der Waals surface area contributed by atoms with E-state index in [1.54, 1.807) is 6.20 Å². The van der Waals surface area contributed by atoms with Crippen LogP contribution < -0.4 is 5.32 Å². The zero-order valence-electron chi connectivity index (χ0n) is 12.4. The average Bonchev–Trinajstić information content (AvgIpc) is 3.18. The molecule has 0 aliphatic carbocycles. The number of amides is 1. The molecule has 0 saturated carbocycles. The molecule has 1 amide bonds. The van der Waals surface area contributed by atoms with E-state index in [0.29, 0.717) is 12.2 Å². The number of nitrogens with zero attached hydrogens (tertiary/aromatic N) is 3. The first-order chi connectivity index (χ1) is 11.3. The molecule has 23 heavy (non-hydrogen) atoms. The molecule has 4 aromatic rings. The smallest absolute Gasteiger partial charge is 0.240 e. The van der Waals surface area contributed by atoms with Gasteiger partial charge in [0.15, 0.2) is 5.65 Å². The molecule has 4 rings (SSSR count). The van der Waals surface area contributed by atoms with Crippen molar-refractivity contribution in [3.05, 3.63) is 60.6 Å². The Kier molecular flexibility index (Phi) is 3.27. The Morgan fingerprint density at radius 1 is 1.17 bits per heavy atom. The SMILES string of the molecule is O=C(Cn1ccc2ccccc21)NCc1[nH]nc2ncccc12. The van der Waals surface area contributed by atoms with Crippen LogP contribution in [0.1, 0.15) is 5.69 Å². The van der Waals surface area contributed by atoms with Gasteiger partial charge in [0.1, 0.15) is 6.54 Å². The van der Waals surface area contributed by atoms with Gasteiger partial charge >= 0.3 is 0 Å². The third-order valence-corrected chi connectivity index (χ3v) is 3.87. The topological polar surface area (TPSA) is 75.6 Å². The summed E-state index contributed by atoms with van der Waals surface area (Å²) in [6, 6.07) is 13.8. The minimum absolute atomic E-state index is 0.0435. The molecule has 3 aromatic heterocycles. The predicted octanol–water partition coefficient (Wildman–Crippen LogP) is 2.23. The number of hydrogen-bond donors (Lipinski definition) is 2. The molecule has 1 aromatic carbocycles. The van der Waals surface area contributed by atoms with E-state index < -0.39 is 0 Å². The molecular formula is C17H15N5O. The Labute approximate surface area is 132 Å². The van der Waals surface area contributed by atoms with Crippen molar-refractivity contribution in [3.63, 3.8) is 0 Å². The zero-order chi connectivity index (χ0) is 15.6. The van der Waals surface area contributed by atoms with Crippen molar-refractivity contribution in [3.8, 4) is 0 Å². The highest BCUT2D eigenvalue weighted by atomic mass is 16.1. The van der Waals surface area contributed by atoms with E-state index in [4.69, 9.17) is 0 Å². The number of benzene rings is 1. The largest absolute Gasteiger partial charge is 0.349 e. The van der Waals surface area contributed by atoms with Gasteiger partial charge in [0.25, 0.3) is 0 Å². The number of aromatic nitrogens is 4. The van der Waals surface area contributed by atoms with Crippen molar-refractivity contribution < 1.29 is 4.79 Å². The van der Waals surface area contributed by atoms with E-state index in [0.717, 1.165) is 22.0 Å². The van der Waals surface area contributed by atoms with Crippen LogP contribution in [0.15, 0.2) is 54.9 Å². The van der Waals surface area contributed by atoms with Gasteiger partial charge in [0.2, 0.25) is 5.91 Å². The fourth-order valence-electron chi connectivity index (χ4n) is 2.71. The number of para-hydroxylation sites is 1. The van der Waals surface area contributed by atoms with E-state index in [2.05, 4.69) is 20.5 Å². The maximum absolute atomic E-state index is 12.2. The third kappa shape index (κ3) is 2.55. The lowest BCUT2D eigenvalue weighted by Crippen LogP contribution is -2.27. The number of pyridine rings is 1. The van der Waals surface area contributed by atoms with E-state index in [1.807, 2.05) is 53.2 Å². The van der Waals surface area contributed by atoms with Crippen LogP contribution in [-0.2, 0) is 17.9 Å². The molecule has 0 radical (unpaired) electrons. The summed E-state index contributed by atoms with van der Waals surface area (Å²) in [6.45, 7) is 0.693. The zero-order valence-corrected chi connectivity index (χ0v) is 12.4. The molecular weight excluding hydrogens is 290 g/mol. The second-order valence-corrected chi connectivity index (χ2v) is 5.36. The van der Waals surface area contributed by atoms with Gasteiger partial charge in [-0.25, -0.2) is 4.98 Å². The number of aromatic amines is 1. The van der Waals surface area contributed by atoms with Crippen LogP contribution in [0.25, 0.3) is 21.9 Å². The van der Waals surface area contributed by atoms with Crippen molar-refractivity contribution in [2.75, 3.05) is 0 Å². The summed E-state index contributed by atoms with van der Waals surface area (Å²) in [7, 11) is 0. The first-order valence-corrected chi connectivity index (χ1v) is 7.40. The van der Waals surface area contributed by atoms with Gasteiger partial charge in [0, 0.05) is 23.3 Å². The van der Waals surface area contributed by atoms with Crippen LogP contribution in [0, 0.1) is 0 Å². The van der Waals surface area contributed by atoms with Crippen LogP contribution in [0.5, 0.6) is 0 Å². The minimum atomic E-state index is -0.0435. The summed E-state index contributed by atoms with van der Waals surface area (Å²) in [5, 5.41) is 12.0. The highest BCUT2D eigenvalue weighted by Crippen LogP contribution is 2.15. The number of rotatable bonds is 4. The highest BCUT2D eigenvalue weighted by molar-refractivity contribution is 5.83.